The van der Waals surface area contributed by atoms with Crippen LogP contribution in [0.25, 0.3) is 0 Å². The summed E-state index contributed by atoms with van der Waals surface area (Å²) < 4.78 is 15.4. The minimum absolute atomic E-state index is 0.548. The number of nitrogens with one attached hydrogen (secondary N) is 1. The molecule has 194 valence electrons. The van der Waals surface area contributed by atoms with E-state index in [1.54, 1.807) is 6.92 Å². The lowest BCUT2D eigenvalue weighted by atomic mass is 9.99. The zero-order chi connectivity index (χ0) is 25.3. The number of oxime groups is 1. The number of aliphatic hydroxyl groups is 8. The van der Waals surface area contributed by atoms with Crippen molar-refractivity contribution in [3.8, 4) is 0 Å². The maximum atomic E-state index is 10.4. The van der Waals surface area contributed by atoms with Gasteiger partial charge in [0.15, 0.2) is 6.29 Å². The van der Waals surface area contributed by atoms with Crippen molar-refractivity contribution in [3.63, 3.8) is 0 Å². The number of nitrogens with zero attached hydrogens (tertiary/aromatic N) is 1. The molecule has 2 saturated heterocycles. The number of hydrogen-bond acceptors (Lipinski definition) is 15. The predicted octanol–water partition coefficient (Wildman–Crippen LogP) is -4.36. The van der Waals surface area contributed by atoms with E-state index in [9.17, 15) is 35.4 Å². The molecule has 33 heavy (non-hydrogen) atoms. The van der Waals surface area contributed by atoms with E-state index < -0.39 is 80.7 Å². The van der Waals surface area contributed by atoms with E-state index in [1.165, 1.54) is 18.8 Å². The Balaban J connectivity index is 0.000000461. The molecular weight excluding hydrogens is 472 g/mol. The average Bonchev–Trinajstić information content (AvgIpc) is 3.07. The van der Waals surface area contributed by atoms with E-state index in [1.807, 2.05) is 6.26 Å². The van der Waals surface area contributed by atoms with E-state index in [0.29, 0.717) is 5.04 Å². The number of aliphatic hydroxyl groups excluding tert-OH is 8. The lowest BCUT2D eigenvalue weighted by Crippen LogP contribution is -2.62. The lowest BCUT2D eigenvalue weighted by Gasteiger charge is -2.43. The Morgan fingerprint density at radius 2 is 1.64 bits per heavy atom. The van der Waals surface area contributed by atoms with E-state index in [-0.39, 0.29) is 0 Å². The molecule has 2 aliphatic rings. The van der Waals surface area contributed by atoms with Crippen molar-refractivity contribution >= 4 is 22.9 Å². The number of carbonyl (C=O) groups is 1. The summed E-state index contributed by atoms with van der Waals surface area (Å²) in [6, 6.07) is 0. The molecule has 9 N–H and O–H groups in total. The molecule has 0 unspecified atom stereocenters. The van der Waals surface area contributed by atoms with Gasteiger partial charge in [0, 0.05) is 7.05 Å². The first kappa shape index (κ1) is 29.9. The van der Waals surface area contributed by atoms with Gasteiger partial charge in [-0.2, -0.15) is 0 Å². The molecule has 1 amide bonds. The van der Waals surface area contributed by atoms with Crippen molar-refractivity contribution in [3.05, 3.63) is 0 Å². The Morgan fingerprint density at radius 3 is 2.09 bits per heavy atom. The van der Waals surface area contributed by atoms with Crippen LogP contribution in [-0.2, 0) is 19.0 Å². The molecule has 0 bridgehead atoms. The van der Waals surface area contributed by atoms with E-state index in [4.69, 9.17) is 24.4 Å². The summed E-state index contributed by atoms with van der Waals surface area (Å²) in [5.41, 5.74) is 0. The van der Waals surface area contributed by atoms with Gasteiger partial charge in [-0.1, -0.05) is 5.16 Å². The molecule has 16 heteroatoms. The van der Waals surface area contributed by atoms with E-state index in [2.05, 4.69) is 15.3 Å². The van der Waals surface area contributed by atoms with Gasteiger partial charge >= 0.3 is 6.09 Å². The minimum atomic E-state index is -2.22. The highest BCUT2D eigenvalue weighted by Gasteiger charge is 2.58. The van der Waals surface area contributed by atoms with Crippen molar-refractivity contribution in [1.82, 2.24) is 5.32 Å². The zero-order valence-corrected chi connectivity index (χ0v) is 19.0. The summed E-state index contributed by atoms with van der Waals surface area (Å²) in [5.74, 6) is -2.22. The Kier molecular flexibility index (Phi) is 12.4. The van der Waals surface area contributed by atoms with Crippen LogP contribution in [0.5, 0.6) is 0 Å². The third kappa shape index (κ3) is 7.41. The summed E-state index contributed by atoms with van der Waals surface area (Å²) in [6.07, 6.45) is -11.3. The summed E-state index contributed by atoms with van der Waals surface area (Å²) >= 11 is 1.42. The van der Waals surface area contributed by atoms with Crippen LogP contribution in [0, 0.1) is 0 Å². The number of thioether (sulfide) groups is 1. The smallest absolute Gasteiger partial charge is 0.394 e. The van der Waals surface area contributed by atoms with Gasteiger partial charge in [-0.15, -0.1) is 11.8 Å². The van der Waals surface area contributed by atoms with Gasteiger partial charge in [0.2, 0.25) is 5.79 Å². The topological polar surface area (TPSA) is 240 Å². The van der Waals surface area contributed by atoms with Crippen LogP contribution in [0.3, 0.4) is 0 Å². The monoisotopic (exact) mass is 504 g/mol. The molecule has 2 fully saturated rings. The van der Waals surface area contributed by atoms with Crippen LogP contribution >= 0.6 is 11.8 Å². The van der Waals surface area contributed by atoms with Gasteiger partial charge in [0.1, 0.15) is 54.4 Å². The van der Waals surface area contributed by atoms with Crippen LogP contribution < -0.4 is 5.32 Å². The predicted molar refractivity (Wildman–Crippen MR) is 111 cm³/mol. The molecule has 9 atom stereocenters. The average molecular weight is 505 g/mol. The van der Waals surface area contributed by atoms with Crippen molar-refractivity contribution in [1.29, 1.82) is 0 Å². The zero-order valence-electron chi connectivity index (χ0n) is 18.2. The maximum Gasteiger partial charge on any atom is 0.433 e. The molecule has 0 aromatic heterocycles. The first-order valence-electron chi connectivity index (χ1n) is 9.73. The molecule has 15 nitrogen and oxygen atoms in total. The quantitative estimate of drug-likeness (QED) is 0.0719. The molecule has 2 aliphatic heterocycles. The summed E-state index contributed by atoms with van der Waals surface area (Å²) in [5, 5.41) is 83.1. The summed E-state index contributed by atoms with van der Waals surface area (Å²) in [7, 11) is 1.48. The fourth-order valence-corrected chi connectivity index (χ4v) is 2.93. The molecular formula is C17H32N2O13S. The molecule has 0 aromatic carbocycles. The standard InChI is InChI=1S/C12H22O11.C5H10N2O2S/c13-1-4-6(16)8(18)9(19)11(21-4)23-12(3-15)10(20)7(17)5(2-14)22-12;1-4(10-3)7-9-5(8)6-2/h4-11,13-20H,1-3H2;1-3H3,(H,6,8)/b;7-4+/t4-,5-,6-,7-,8+,9-,10+,11-,12+;/m1./s1. The largest absolute Gasteiger partial charge is 0.433 e. The number of carbonyl (C=O) groups excluding carboxylic acids is 1. The van der Waals surface area contributed by atoms with Gasteiger partial charge < -0.3 is 60.4 Å². The molecule has 0 aromatic rings. The maximum absolute atomic E-state index is 10.4. The molecule has 0 radical (unpaired) electrons. The highest BCUT2D eigenvalue weighted by atomic mass is 32.2. The molecule has 0 spiro atoms. The van der Waals surface area contributed by atoms with Gasteiger partial charge in [0.05, 0.1) is 13.2 Å². The van der Waals surface area contributed by atoms with Crippen LogP contribution in [0.4, 0.5) is 4.79 Å². The van der Waals surface area contributed by atoms with Crippen LogP contribution in [0.2, 0.25) is 0 Å². The summed E-state index contributed by atoms with van der Waals surface area (Å²) in [6.45, 7) is -0.565. The van der Waals surface area contributed by atoms with Gasteiger partial charge in [0.25, 0.3) is 0 Å². The second-order valence-corrected chi connectivity index (χ2v) is 8.00. The highest BCUT2D eigenvalue weighted by Crippen LogP contribution is 2.35. The second-order valence-electron chi connectivity index (χ2n) is 7.00. The number of amides is 1. The summed E-state index contributed by atoms with van der Waals surface area (Å²) in [4.78, 5) is 14.7. The highest BCUT2D eigenvalue weighted by molar-refractivity contribution is 8.13. The Morgan fingerprint density at radius 1 is 1.03 bits per heavy atom. The first-order valence-corrected chi connectivity index (χ1v) is 11.0. The molecule has 0 aliphatic carbocycles. The van der Waals surface area contributed by atoms with Gasteiger partial charge in [-0.05, 0) is 13.2 Å². The van der Waals surface area contributed by atoms with Gasteiger partial charge in [-0.3, -0.25) is 4.84 Å². The molecule has 2 rings (SSSR count). The SMILES string of the molecule is CNC(=O)O/N=C(\C)SC.OC[C@H]1O[C@@](CO)(O[C@H]2O[C@H](CO)[C@@H](O)[C@H](O)[C@H]2O)[C@@H](O)[C@@H]1O. The Labute approximate surface area is 193 Å². The number of hydrogen-bond donors (Lipinski definition) is 9. The molecule has 0 saturated carbocycles. The fraction of sp³-hybridized carbons (Fsp3) is 0.882. The second kappa shape index (κ2) is 13.7. The van der Waals surface area contributed by atoms with Crippen LogP contribution in [0.1, 0.15) is 6.92 Å². The normalized spacial score (nSPS) is 38.9. The fourth-order valence-electron chi connectivity index (χ4n) is 2.82. The number of ether oxygens (including phenoxy) is 3. The molecule has 2 heterocycles. The first-order chi connectivity index (χ1) is 15.5. The van der Waals surface area contributed by atoms with Gasteiger partial charge in [-0.25, -0.2) is 4.79 Å². The van der Waals surface area contributed by atoms with Crippen LogP contribution in [0.15, 0.2) is 5.16 Å². The number of rotatable bonds is 6. The van der Waals surface area contributed by atoms with E-state index in [0.717, 1.165) is 0 Å². The van der Waals surface area contributed by atoms with Crippen molar-refractivity contribution < 1.29 is 64.7 Å². The minimum Gasteiger partial charge on any atom is -0.394 e. The lowest BCUT2D eigenvalue weighted by molar-refractivity contribution is -0.383. The van der Waals surface area contributed by atoms with Crippen molar-refractivity contribution in [2.75, 3.05) is 33.1 Å². The van der Waals surface area contributed by atoms with Crippen molar-refractivity contribution in [2.24, 2.45) is 5.16 Å². The Hall–Kier alpha value is -1.15. The third-order valence-corrected chi connectivity index (χ3v) is 5.49. The van der Waals surface area contributed by atoms with E-state index >= 15 is 0 Å². The Bertz CT molecular complexity index is 642. The third-order valence-electron chi connectivity index (χ3n) is 4.83. The van der Waals surface area contributed by atoms with Crippen LogP contribution in [-0.4, -0.2) is 140 Å². The van der Waals surface area contributed by atoms with Crippen molar-refractivity contribution in [2.45, 2.75) is 61.7 Å².